The molecule has 0 aliphatic carbocycles. The lowest BCUT2D eigenvalue weighted by atomic mass is 10.2. The Hall–Kier alpha value is -0.560. The molecular weight excluding hydrogens is 140 g/mol. The minimum atomic E-state index is 1.16. The number of allylic oxidation sites excluding steroid dienone is 2. The van der Waals surface area contributed by atoms with Crippen LogP contribution in [0.25, 0.3) is 0 Å². The zero-order valence-electron chi connectivity index (χ0n) is 6.13. The minimum Gasteiger partial charge on any atom is -0.148 e. The average molecular weight is 151 g/mol. The molecule has 0 fully saturated rings. The Labute approximate surface area is 66.2 Å². The summed E-state index contributed by atoms with van der Waals surface area (Å²) in [6.45, 7) is 2.06. The van der Waals surface area contributed by atoms with Gasteiger partial charge in [-0.25, -0.2) is 0 Å². The van der Waals surface area contributed by atoms with Crippen molar-refractivity contribution in [2.24, 2.45) is 0 Å². The molecule has 1 rings (SSSR count). The molecule has 0 aliphatic heterocycles. The maximum absolute atomic E-state index is 3.05. The third-order valence-corrected chi connectivity index (χ3v) is 2.19. The van der Waals surface area contributed by atoms with E-state index in [0.717, 1.165) is 6.42 Å². The van der Waals surface area contributed by atoms with Gasteiger partial charge in [0.25, 0.3) is 0 Å². The fourth-order valence-electron chi connectivity index (χ4n) is 0.794. The van der Waals surface area contributed by atoms with Gasteiger partial charge >= 0.3 is 0 Å². The lowest BCUT2D eigenvalue weighted by Crippen LogP contribution is -1.74. The summed E-state index contributed by atoms with van der Waals surface area (Å²) < 4.78 is 0. The largest absolute Gasteiger partial charge is 0.148 e. The van der Waals surface area contributed by atoms with Gasteiger partial charge < -0.3 is 0 Å². The molecule has 1 aromatic heterocycles. The topological polar surface area (TPSA) is 0 Å². The van der Waals surface area contributed by atoms with Crippen LogP contribution in [0, 0.1) is 6.07 Å². The fourth-order valence-corrected chi connectivity index (χ4v) is 1.45. The lowest BCUT2D eigenvalue weighted by Gasteiger charge is -1.88. The predicted molar refractivity (Wildman–Crippen MR) is 46.3 cm³/mol. The van der Waals surface area contributed by atoms with Crippen molar-refractivity contribution in [1.29, 1.82) is 0 Å². The Balaban J connectivity index is 2.28. The van der Waals surface area contributed by atoms with Gasteiger partial charge in [0.1, 0.15) is 0 Å². The van der Waals surface area contributed by atoms with Crippen molar-refractivity contribution in [2.75, 3.05) is 0 Å². The Bertz CT molecular complexity index is 185. The van der Waals surface area contributed by atoms with Crippen LogP contribution in [0.4, 0.5) is 0 Å². The lowest BCUT2D eigenvalue weighted by molar-refractivity contribution is 1.02. The van der Waals surface area contributed by atoms with Gasteiger partial charge in [-0.2, -0.15) is 0 Å². The molecule has 0 spiro atoms. The molecule has 0 N–H and O–H groups in total. The third kappa shape index (κ3) is 2.36. The van der Waals surface area contributed by atoms with Crippen LogP contribution in [-0.2, 0) is 6.42 Å². The van der Waals surface area contributed by atoms with Gasteiger partial charge in [-0.05, 0) is 37.3 Å². The van der Waals surface area contributed by atoms with Crippen LogP contribution < -0.4 is 0 Å². The van der Waals surface area contributed by atoms with Gasteiger partial charge in [-0.1, -0.05) is 12.2 Å². The number of hydrogen-bond acceptors (Lipinski definition) is 1. The van der Waals surface area contributed by atoms with E-state index in [1.807, 2.05) is 5.38 Å². The highest BCUT2D eigenvalue weighted by Crippen LogP contribution is 2.10. The van der Waals surface area contributed by atoms with Gasteiger partial charge in [0, 0.05) is 4.88 Å². The summed E-state index contributed by atoms with van der Waals surface area (Å²) in [6.07, 6.45) is 6.61. The maximum atomic E-state index is 3.05. The summed E-state index contributed by atoms with van der Waals surface area (Å²) in [6, 6.07) is 5.11. The second kappa shape index (κ2) is 4.29. The number of hydrogen-bond donors (Lipinski definition) is 0. The molecule has 0 aromatic carbocycles. The van der Waals surface area contributed by atoms with Crippen molar-refractivity contribution >= 4 is 11.3 Å². The summed E-state index contributed by atoms with van der Waals surface area (Å²) in [7, 11) is 0. The second-order valence-corrected chi connectivity index (χ2v) is 3.12. The Kier molecular flexibility index (Phi) is 3.23. The average Bonchev–Trinajstić information content (AvgIpc) is 2.41. The maximum Gasteiger partial charge on any atom is 0.00546 e. The molecule has 0 aliphatic rings. The van der Waals surface area contributed by atoms with Crippen molar-refractivity contribution < 1.29 is 0 Å². The molecule has 0 unspecified atom stereocenters. The van der Waals surface area contributed by atoms with E-state index in [9.17, 15) is 0 Å². The summed E-state index contributed by atoms with van der Waals surface area (Å²) in [5.41, 5.74) is 0. The first kappa shape index (κ1) is 7.55. The molecule has 10 heavy (non-hydrogen) atoms. The van der Waals surface area contributed by atoms with Crippen LogP contribution in [-0.4, -0.2) is 0 Å². The number of aryl methyl sites for hydroxylation is 1. The first-order valence-electron chi connectivity index (χ1n) is 3.48. The van der Waals surface area contributed by atoms with Crippen molar-refractivity contribution in [2.45, 2.75) is 19.8 Å². The van der Waals surface area contributed by atoms with Crippen molar-refractivity contribution in [3.05, 3.63) is 34.5 Å². The van der Waals surface area contributed by atoms with Gasteiger partial charge in [0.2, 0.25) is 0 Å². The van der Waals surface area contributed by atoms with Crippen LogP contribution in [0.1, 0.15) is 18.2 Å². The van der Waals surface area contributed by atoms with E-state index in [0.29, 0.717) is 0 Å². The van der Waals surface area contributed by atoms with Gasteiger partial charge in [0.15, 0.2) is 0 Å². The normalized spacial score (nSPS) is 10.9. The van der Waals surface area contributed by atoms with Gasteiger partial charge in [-0.3, -0.25) is 0 Å². The van der Waals surface area contributed by atoms with E-state index >= 15 is 0 Å². The monoisotopic (exact) mass is 151 g/mol. The summed E-state index contributed by atoms with van der Waals surface area (Å²) >= 11 is 1.78. The molecule has 1 heteroatoms. The predicted octanol–water partition coefficient (Wildman–Crippen LogP) is 3.06. The standard InChI is InChI=1S/C9H11S/c1-2-3-4-6-9-7-5-8-10-9/h2-3,7-8H,4,6H2,1H3/b3-2+. The van der Waals surface area contributed by atoms with E-state index in [1.165, 1.54) is 11.3 Å². The number of rotatable bonds is 3. The molecule has 1 aromatic rings. The van der Waals surface area contributed by atoms with E-state index in [4.69, 9.17) is 0 Å². The Morgan fingerprint density at radius 3 is 3.20 bits per heavy atom. The summed E-state index contributed by atoms with van der Waals surface area (Å²) in [5.74, 6) is 0. The molecule has 0 amide bonds. The second-order valence-electron chi connectivity index (χ2n) is 2.12. The first-order valence-corrected chi connectivity index (χ1v) is 4.36. The molecule has 0 saturated heterocycles. The van der Waals surface area contributed by atoms with Crippen LogP contribution in [0.2, 0.25) is 0 Å². The van der Waals surface area contributed by atoms with Crippen LogP contribution in [0.3, 0.4) is 0 Å². The van der Waals surface area contributed by atoms with Crippen LogP contribution in [0.15, 0.2) is 23.6 Å². The van der Waals surface area contributed by atoms with Crippen molar-refractivity contribution in [1.82, 2.24) is 0 Å². The van der Waals surface area contributed by atoms with Crippen LogP contribution in [0.5, 0.6) is 0 Å². The van der Waals surface area contributed by atoms with E-state index in [1.54, 1.807) is 11.3 Å². The molecule has 53 valence electrons. The minimum absolute atomic E-state index is 1.16. The van der Waals surface area contributed by atoms with Gasteiger partial charge in [-0.15, -0.1) is 11.3 Å². The number of thiophene rings is 1. The van der Waals surface area contributed by atoms with Crippen LogP contribution >= 0.6 is 11.3 Å². The van der Waals surface area contributed by atoms with Crippen molar-refractivity contribution in [3.8, 4) is 0 Å². The third-order valence-electron chi connectivity index (χ3n) is 1.32. The summed E-state index contributed by atoms with van der Waals surface area (Å²) in [5, 5.41) is 2.00. The molecule has 0 atom stereocenters. The summed E-state index contributed by atoms with van der Waals surface area (Å²) in [4.78, 5) is 1.43. The SMILES string of the molecule is C/C=C/CCc1c[c]cs1. The van der Waals surface area contributed by atoms with E-state index in [2.05, 4.69) is 31.2 Å². The molecule has 1 heterocycles. The Morgan fingerprint density at radius 1 is 1.70 bits per heavy atom. The quantitative estimate of drug-likeness (QED) is 0.582. The highest BCUT2D eigenvalue weighted by atomic mass is 32.1. The Morgan fingerprint density at radius 2 is 2.60 bits per heavy atom. The highest BCUT2D eigenvalue weighted by Gasteiger charge is 1.89. The smallest absolute Gasteiger partial charge is 0.00546 e. The van der Waals surface area contributed by atoms with Crippen molar-refractivity contribution in [3.63, 3.8) is 0 Å². The molecule has 0 bridgehead atoms. The molecule has 1 radical (unpaired) electrons. The van der Waals surface area contributed by atoms with E-state index in [-0.39, 0.29) is 0 Å². The van der Waals surface area contributed by atoms with Gasteiger partial charge in [0.05, 0.1) is 0 Å². The molecule has 0 saturated carbocycles. The highest BCUT2D eigenvalue weighted by molar-refractivity contribution is 7.09. The van der Waals surface area contributed by atoms with E-state index < -0.39 is 0 Å². The molecular formula is C9H11S. The zero-order valence-corrected chi connectivity index (χ0v) is 6.95. The zero-order chi connectivity index (χ0) is 7.23. The molecule has 0 nitrogen and oxygen atoms in total. The first-order chi connectivity index (χ1) is 4.93. The fraction of sp³-hybridized carbons (Fsp3) is 0.333.